The van der Waals surface area contributed by atoms with Crippen molar-refractivity contribution in [2.45, 2.75) is 6.92 Å². The third-order valence-electron chi connectivity index (χ3n) is 1.54. The van der Waals surface area contributed by atoms with Crippen molar-refractivity contribution >= 4 is 17.8 Å². The molecule has 0 aliphatic heterocycles. The molecule has 3 N–H and O–H groups in total. The summed E-state index contributed by atoms with van der Waals surface area (Å²) in [6.45, 7) is 2.46. The predicted octanol–water partition coefficient (Wildman–Crippen LogP) is 1.24. The van der Waals surface area contributed by atoms with Crippen molar-refractivity contribution in [1.29, 1.82) is 0 Å². The average molecular weight is 180 g/mol. The highest BCUT2D eigenvalue weighted by molar-refractivity contribution is 5.74. The van der Waals surface area contributed by atoms with Crippen LogP contribution in [0.3, 0.4) is 0 Å². The Labute approximate surface area is 76.7 Å². The number of rotatable bonds is 4. The predicted molar refractivity (Wildman–Crippen MR) is 51.7 cm³/mol. The number of anilines is 2. The van der Waals surface area contributed by atoms with Crippen LogP contribution in [0.15, 0.2) is 18.2 Å². The number of carbonyl (C=O) groups is 1. The Bertz CT molecular complexity index is 300. The van der Waals surface area contributed by atoms with Crippen LogP contribution in [0, 0.1) is 0 Å². The molecule has 0 bridgehead atoms. The minimum absolute atomic E-state index is 0.522. The van der Waals surface area contributed by atoms with Crippen LogP contribution in [-0.4, -0.2) is 13.0 Å². The van der Waals surface area contributed by atoms with Gasteiger partial charge in [-0.2, -0.15) is 0 Å². The molecule has 0 atom stereocenters. The van der Waals surface area contributed by atoms with Gasteiger partial charge in [-0.3, -0.25) is 4.79 Å². The highest BCUT2D eigenvalue weighted by Gasteiger charge is 1.99. The smallest absolute Gasteiger partial charge is 0.211 e. The van der Waals surface area contributed by atoms with Gasteiger partial charge in [-0.15, -0.1) is 0 Å². The number of nitrogen functional groups attached to an aromatic ring is 1. The van der Waals surface area contributed by atoms with E-state index in [1.165, 1.54) is 0 Å². The van der Waals surface area contributed by atoms with E-state index in [9.17, 15) is 4.79 Å². The Balaban J connectivity index is 2.84. The van der Waals surface area contributed by atoms with Gasteiger partial charge in [0.1, 0.15) is 5.75 Å². The summed E-state index contributed by atoms with van der Waals surface area (Å²) in [5, 5.41) is 2.50. The number of nitrogens with two attached hydrogens (primary N) is 1. The number of amides is 1. The Morgan fingerprint density at radius 2 is 2.38 bits per heavy atom. The maximum absolute atomic E-state index is 10.1. The first-order valence-corrected chi connectivity index (χ1v) is 4.00. The molecule has 0 heterocycles. The molecule has 1 amide bonds. The summed E-state index contributed by atoms with van der Waals surface area (Å²) < 4.78 is 5.23. The molecule has 0 saturated heterocycles. The fourth-order valence-electron chi connectivity index (χ4n) is 0.993. The van der Waals surface area contributed by atoms with Crippen LogP contribution < -0.4 is 15.8 Å². The van der Waals surface area contributed by atoms with Crippen LogP contribution >= 0.6 is 0 Å². The number of hydrogen-bond donors (Lipinski definition) is 2. The van der Waals surface area contributed by atoms with Gasteiger partial charge < -0.3 is 15.8 Å². The lowest BCUT2D eigenvalue weighted by Crippen LogP contribution is -1.99. The lowest BCUT2D eigenvalue weighted by molar-refractivity contribution is -0.105. The van der Waals surface area contributed by atoms with E-state index in [-0.39, 0.29) is 0 Å². The Hall–Kier alpha value is -1.71. The number of hydrogen-bond acceptors (Lipinski definition) is 3. The largest absolute Gasteiger partial charge is 0.492 e. The van der Waals surface area contributed by atoms with Crippen LogP contribution in [0.2, 0.25) is 0 Å². The van der Waals surface area contributed by atoms with Gasteiger partial charge >= 0.3 is 0 Å². The molecule has 0 aromatic heterocycles. The molecule has 4 heteroatoms. The molecule has 0 aliphatic carbocycles. The molecule has 13 heavy (non-hydrogen) atoms. The maximum Gasteiger partial charge on any atom is 0.211 e. The van der Waals surface area contributed by atoms with Crippen molar-refractivity contribution in [3.05, 3.63) is 18.2 Å². The van der Waals surface area contributed by atoms with E-state index >= 15 is 0 Å². The molecule has 70 valence electrons. The van der Waals surface area contributed by atoms with Crippen LogP contribution in [0.1, 0.15) is 6.92 Å². The first-order chi connectivity index (χ1) is 6.27. The molecule has 1 aromatic carbocycles. The first kappa shape index (κ1) is 9.38. The monoisotopic (exact) mass is 180 g/mol. The standard InChI is InChI=1S/C9H12N2O2/c1-2-13-9-4-3-7(11-6-12)5-8(9)10/h3-6H,2,10H2,1H3,(H,11,12). The summed E-state index contributed by atoms with van der Waals surface area (Å²) in [6.07, 6.45) is 0.606. The molecule has 1 rings (SSSR count). The molecule has 0 aliphatic rings. The van der Waals surface area contributed by atoms with Crippen molar-refractivity contribution in [2.75, 3.05) is 17.7 Å². The van der Waals surface area contributed by atoms with E-state index in [1.54, 1.807) is 18.2 Å². The Kier molecular flexibility index (Phi) is 3.14. The minimum Gasteiger partial charge on any atom is -0.492 e. The SMILES string of the molecule is CCOc1ccc(NC=O)cc1N. The van der Waals surface area contributed by atoms with Crippen molar-refractivity contribution in [3.8, 4) is 5.75 Å². The zero-order chi connectivity index (χ0) is 9.68. The summed E-state index contributed by atoms with van der Waals surface area (Å²) in [4.78, 5) is 10.1. The maximum atomic E-state index is 10.1. The van der Waals surface area contributed by atoms with Gasteiger partial charge in [0.25, 0.3) is 0 Å². The molecule has 0 fully saturated rings. The van der Waals surface area contributed by atoms with Crippen LogP contribution in [0.25, 0.3) is 0 Å². The van der Waals surface area contributed by atoms with Gasteiger partial charge in [0.2, 0.25) is 6.41 Å². The van der Waals surface area contributed by atoms with Gasteiger partial charge in [0.05, 0.1) is 12.3 Å². The Morgan fingerprint density at radius 1 is 1.62 bits per heavy atom. The van der Waals surface area contributed by atoms with Crippen molar-refractivity contribution < 1.29 is 9.53 Å². The van der Waals surface area contributed by atoms with Gasteiger partial charge in [-0.25, -0.2) is 0 Å². The number of ether oxygens (including phenoxy) is 1. The summed E-state index contributed by atoms with van der Waals surface area (Å²) >= 11 is 0. The summed E-state index contributed by atoms with van der Waals surface area (Å²) in [6, 6.07) is 5.11. The fourth-order valence-corrected chi connectivity index (χ4v) is 0.993. The quantitative estimate of drug-likeness (QED) is 0.541. The van der Waals surface area contributed by atoms with E-state index in [0.717, 1.165) is 0 Å². The zero-order valence-electron chi connectivity index (χ0n) is 7.41. The van der Waals surface area contributed by atoms with Crippen molar-refractivity contribution in [3.63, 3.8) is 0 Å². The van der Waals surface area contributed by atoms with E-state index in [2.05, 4.69) is 5.32 Å². The van der Waals surface area contributed by atoms with Crippen LogP contribution in [0.4, 0.5) is 11.4 Å². The fraction of sp³-hybridized carbons (Fsp3) is 0.222. The average Bonchev–Trinajstić information content (AvgIpc) is 2.10. The molecular weight excluding hydrogens is 168 g/mol. The third-order valence-corrected chi connectivity index (χ3v) is 1.54. The van der Waals surface area contributed by atoms with Crippen molar-refractivity contribution in [1.82, 2.24) is 0 Å². The van der Waals surface area contributed by atoms with Gasteiger partial charge in [0, 0.05) is 5.69 Å². The lowest BCUT2D eigenvalue weighted by Gasteiger charge is -2.07. The Morgan fingerprint density at radius 3 is 2.92 bits per heavy atom. The molecular formula is C9H12N2O2. The number of benzene rings is 1. The summed E-state index contributed by atoms with van der Waals surface area (Å²) in [5.74, 6) is 0.638. The van der Waals surface area contributed by atoms with Gasteiger partial charge in [0.15, 0.2) is 0 Å². The van der Waals surface area contributed by atoms with E-state index in [1.807, 2.05) is 6.92 Å². The highest BCUT2D eigenvalue weighted by atomic mass is 16.5. The normalized spacial score (nSPS) is 9.31. The van der Waals surface area contributed by atoms with Crippen LogP contribution in [0.5, 0.6) is 5.75 Å². The lowest BCUT2D eigenvalue weighted by atomic mass is 10.2. The topological polar surface area (TPSA) is 64.3 Å². The summed E-state index contributed by atoms with van der Waals surface area (Å²) in [5.41, 5.74) is 6.84. The van der Waals surface area contributed by atoms with E-state index < -0.39 is 0 Å². The van der Waals surface area contributed by atoms with Crippen LogP contribution in [-0.2, 0) is 4.79 Å². The van der Waals surface area contributed by atoms with E-state index in [0.29, 0.717) is 30.1 Å². The van der Waals surface area contributed by atoms with Crippen molar-refractivity contribution in [2.24, 2.45) is 0 Å². The summed E-state index contributed by atoms with van der Waals surface area (Å²) in [7, 11) is 0. The second-order valence-corrected chi connectivity index (χ2v) is 2.45. The molecule has 0 radical (unpaired) electrons. The highest BCUT2D eigenvalue weighted by Crippen LogP contribution is 2.24. The molecule has 0 spiro atoms. The van der Waals surface area contributed by atoms with Gasteiger partial charge in [-0.05, 0) is 25.1 Å². The minimum atomic E-state index is 0.522. The third kappa shape index (κ3) is 2.37. The first-order valence-electron chi connectivity index (χ1n) is 4.00. The second kappa shape index (κ2) is 4.35. The molecule has 0 unspecified atom stereocenters. The van der Waals surface area contributed by atoms with E-state index in [4.69, 9.17) is 10.5 Å². The van der Waals surface area contributed by atoms with Gasteiger partial charge in [-0.1, -0.05) is 0 Å². The zero-order valence-corrected chi connectivity index (χ0v) is 7.41. The molecule has 1 aromatic rings. The molecule has 0 saturated carbocycles. The second-order valence-electron chi connectivity index (χ2n) is 2.45. The number of carbonyl (C=O) groups excluding carboxylic acids is 1. The number of nitrogens with one attached hydrogen (secondary N) is 1. The molecule has 4 nitrogen and oxygen atoms in total.